The maximum absolute atomic E-state index is 11.8. The van der Waals surface area contributed by atoms with Gasteiger partial charge in [-0.3, -0.25) is 4.79 Å². The normalized spacial score (nSPS) is 15.3. The summed E-state index contributed by atoms with van der Waals surface area (Å²) in [5, 5.41) is 6.35. The van der Waals surface area contributed by atoms with Crippen LogP contribution in [0, 0.1) is 0 Å². The van der Waals surface area contributed by atoms with Crippen molar-refractivity contribution in [2.75, 3.05) is 6.54 Å². The van der Waals surface area contributed by atoms with Crippen LogP contribution in [0.1, 0.15) is 38.7 Å². The molecule has 1 aromatic carbocycles. The van der Waals surface area contributed by atoms with Crippen LogP contribution < -0.4 is 10.6 Å². The van der Waals surface area contributed by atoms with Gasteiger partial charge in [0.05, 0.1) is 6.54 Å². The van der Waals surface area contributed by atoms with Gasteiger partial charge in [-0.2, -0.15) is 0 Å². The lowest BCUT2D eigenvalue weighted by Crippen LogP contribution is -2.47. The van der Waals surface area contributed by atoms with Gasteiger partial charge in [0.1, 0.15) is 0 Å². The number of benzene rings is 1. The number of carbonyl (C=O) groups excluding carboxylic acids is 1. The molecular weight excluding hydrogens is 236 g/mol. The summed E-state index contributed by atoms with van der Waals surface area (Å²) in [5.74, 6) is 0.102. The number of carbonyl (C=O) groups is 1. The lowest BCUT2D eigenvalue weighted by molar-refractivity contribution is -0.121. The highest BCUT2D eigenvalue weighted by Crippen LogP contribution is 2.18. The number of amides is 1. The first-order chi connectivity index (χ1) is 9.05. The van der Waals surface area contributed by atoms with E-state index in [1.807, 2.05) is 6.07 Å². The van der Waals surface area contributed by atoms with E-state index in [9.17, 15) is 4.79 Å². The van der Waals surface area contributed by atoms with Crippen LogP contribution in [0.25, 0.3) is 0 Å². The van der Waals surface area contributed by atoms with Gasteiger partial charge in [-0.25, -0.2) is 0 Å². The Labute approximate surface area is 115 Å². The average Bonchev–Trinajstić information content (AvgIpc) is 3.19. The van der Waals surface area contributed by atoms with Crippen molar-refractivity contribution in [2.45, 2.75) is 51.1 Å². The lowest BCUT2D eigenvalue weighted by atomic mass is 9.95. The zero-order chi connectivity index (χ0) is 13.7. The monoisotopic (exact) mass is 260 g/mol. The van der Waals surface area contributed by atoms with Crippen molar-refractivity contribution in [3.63, 3.8) is 0 Å². The standard InChI is InChI=1S/C16H24N2O/c1-16(2,11-10-13-6-4-3-5-7-13)18-15(19)12-17-14-8-9-14/h3-7,14,17H,8-12H2,1-2H3,(H,18,19). The summed E-state index contributed by atoms with van der Waals surface area (Å²) in [7, 11) is 0. The SMILES string of the molecule is CC(C)(CCc1ccccc1)NC(=O)CNC1CC1. The molecule has 0 radical (unpaired) electrons. The van der Waals surface area contributed by atoms with Gasteiger partial charge in [-0.1, -0.05) is 30.3 Å². The van der Waals surface area contributed by atoms with Crippen LogP contribution in [0.3, 0.4) is 0 Å². The third kappa shape index (κ3) is 5.43. The highest BCUT2D eigenvalue weighted by molar-refractivity contribution is 5.78. The molecule has 0 aliphatic heterocycles. The third-order valence-electron chi connectivity index (χ3n) is 3.49. The highest BCUT2D eigenvalue weighted by atomic mass is 16.2. The first-order valence-electron chi connectivity index (χ1n) is 7.13. The number of nitrogens with one attached hydrogen (secondary N) is 2. The second-order valence-electron chi connectivity index (χ2n) is 6.07. The van der Waals surface area contributed by atoms with Crippen molar-refractivity contribution in [2.24, 2.45) is 0 Å². The minimum absolute atomic E-state index is 0.102. The summed E-state index contributed by atoms with van der Waals surface area (Å²) in [6.45, 7) is 4.62. The molecule has 1 saturated carbocycles. The number of hydrogen-bond acceptors (Lipinski definition) is 2. The minimum atomic E-state index is -0.155. The van der Waals surface area contributed by atoms with E-state index in [4.69, 9.17) is 0 Å². The molecule has 3 heteroatoms. The number of rotatable bonds is 7. The first kappa shape index (κ1) is 14.1. The highest BCUT2D eigenvalue weighted by Gasteiger charge is 2.23. The van der Waals surface area contributed by atoms with Crippen LogP contribution in [0.2, 0.25) is 0 Å². The Morgan fingerprint density at radius 1 is 1.26 bits per heavy atom. The molecule has 0 aromatic heterocycles. The summed E-state index contributed by atoms with van der Waals surface area (Å²) >= 11 is 0. The molecule has 1 aliphatic carbocycles. The topological polar surface area (TPSA) is 41.1 Å². The summed E-state index contributed by atoms with van der Waals surface area (Å²) in [4.78, 5) is 11.8. The molecule has 2 N–H and O–H groups in total. The molecule has 1 fully saturated rings. The lowest BCUT2D eigenvalue weighted by Gasteiger charge is -2.26. The van der Waals surface area contributed by atoms with Crippen LogP contribution in [-0.4, -0.2) is 24.0 Å². The molecule has 19 heavy (non-hydrogen) atoms. The molecule has 0 atom stereocenters. The minimum Gasteiger partial charge on any atom is -0.350 e. The Hall–Kier alpha value is -1.35. The van der Waals surface area contributed by atoms with Gasteiger partial charge >= 0.3 is 0 Å². The molecule has 1 aliphatic rings. The van der Waals surface area contributed by atoms with Crippen molar-refractivity contribution in [3.8, 4) is 0 Å². The fraction of sp³-hybridized carbons (Fsp3) is 0.562. The average molecular weight is 260 g/mol. The Balaban J connectivity index is 1.72. The van der Waals surface area contributed by atoms with Crippen LogP contribution in [0.5, 0.6) is 0 Å². The maximum Gasteiger partial charge on any atom is 0.234 e. The Morgan fingerprint density at radius 2 is 1.95 bits per heavy atom. The van der Waals surface area contributed by atoms with Crippen LogP contribution in [-0.2, 0) is 11.2 Å². The molecule has 104 valence electrons. The number of hydrogen-bond donors (Lipinski definition) is 2. The quantitative estimate of drug-likeness (QED) is 0.789. The molecule has 1 amide bonds. The van der Waals surface area contributed by atoms with Crippen molar-refractivity contribution in [3.05, 3.63) is 35.9 Å². The van der Waals surface area contributed by atoms with Crippen molar-refractivity contribution < 1.29 is 4.79 Å². The summed E-state index contributed by atoms with van der Waals surface area (Å²) in [6.07, 6.45) is 4.37. The smallest absolute Gasteiger partial charge is 0.234 e. The Morgan fingerprint density at radius 3 is 2.58 bits per heavy atom. The van der Waals surface area contributed by atoms with Gasteiger partial charge in [0, 0.05) is 11.6 Å². The molecular formula is C16H24N2O. The maximum atomic E-state index is 11.8. The molecule has 0 spiro atoms. The molecule has 2 rings (SSSR count). The first-order valence-corrected chi connectivity index (χ1v) is 7.13. The van der Waals surface area contributed by atoms with Crippen LogP contribution >= 0.6 is 0 Å². The van der Waals surface area contributed by atoms with Gasteiger partial charge in [-0.15, -0.1) is 0 Å². The van der Waals surface area contributed by atoms with E-state index in [0.29, 0.717) is 12.6 Å². The zero-order valence-electron chi connectivity index (χ0n) is 11.9. The van der Waals surface area contributed by atoms with Crippen molar-refractivity contribution in [1.82, 2.24) is 10.6 Å². The fourth-order valence-corrected chi connectivity index (χ4v) is 2.11. The summed E-state index contributed by atoms with van der Waals surface area (Å²) < 4.78 is 0. The second kappa shape index (κ2) is 6.20. The summed E-state index contributed by atoms with van der Waals surface area (Å²) in [6, 6.07) is 11.0. The second-order valence-corrected chi connectivity index (χ2v) is 6.07. The molecule has 3 nitrogen and oxygen atoms in total. The molecule has 1 aromatic rings. The Bertz CT molecular complexity index is 410. The molecule has 0 bridgehead atoms. The van der Waals surface area contributed by atoms with Crippen molar-refractivity contribution in [1.29, 1.82) is 0 Å². The van der Waals surface area contributed by atoms with E-state index < -0.39 is 0 Å². The van der Waals surface area contributed by atoms with Gasteiger partial charge in [0.2, 0.25) is 5.91 Å². The molecule has 0 unspecified atom stereocenters. The van der Waals surface area contributed by atoms with E-state index in [-0.39, 0.29) is 11.4 Å². The van der Waals surface area contributed by atoms with E-state index in [2.05, 4.69) is 48.7 Å². The number of aryl methyl sites for hydroxylation is 1. The third-order valence-corrected chi connectivity index (χ3v) is 3.49. The van der Waals surface area contributed by atoms with Gasteiger partial charge in [-0.05, 0) is 45.1 Å². The van der Waals surface area contributed by atoms with E-state index >= 15 is 0 Å². The van der Waals surface area contributed by atoms with Crippen LogP contribution in [0.15, 0.2) is 30.3 Å². The largest absolute Gasteiger partial charge is 0.350 e. The molecule has 0 saturated heterocycles. The van der Waals surface area contributed by atoms with Crippen molar-refractivity contribution >= 4 is 5.91 Å². The summed E-state index contributed by atoms with van der Waals surface area (Å²) in [5.41, 5.74) is 1.17. The zero-order valence-corrected chi connectivity index (χ0v) is 11.9. The molecule has 0 heterocycles. The van der Waals surface area contributed by atoms with Gasteiger partial charge in [0.15, 0.2) is 0 Å². The fourth-order valence-electron chi connectivity index (χ4n) is 2.11. The van der Waals surface area contributed by atoms with Gasteiger partial charge in [0.25, 0.3) is 0 Å². The van der Waals surface area contributed by atoms with Gasteiger partial charge < -0.3 is 10.6 Å². The predicted molar refractivity (Wildman–Crippen MR) is 78.0 cm³/mol. The predicted octanol–water partition coefficient (Wildman–Crippen LogP) is 2.27. The van der Waals surface area contributed by atoms with E-state index in [0.717, 1.165) is 12.8 Å². The Kier molecular flexibility index (Phi) is 4.59. The van der Waals surface area contributed by atoms with E-state index in [1.165, 1.54) is 18.4 Å². The van der Waals surface area contributed by atoms with E-state index in [1.54, 1.807) is 0 Å². The van der Waals surface area contributed by atoms with Crippen LogP contribution in [0.4, 0.5) is 0 Å².